The van der Waals surface area contributed by atoms with E-state index in [4.69, 9.17) is 9.47 Å². The van der Waals surface area contributed by atoms with Gasteiger partial charge in [-0.1, -0.05) is 12.1 Å². The molecule has 1 aromatic rings. The Morgan fingerprint density at radius 1 is 1.23 bits per heavy atom. The van der Waals surface area contributed by atoms with Gasteiger partial charge in [-0.05, 0) is 12.1 Å². The van der Waals surface area contributed by atoms with Gasteiger partial charge in [0.05, 0.1) is 30.6 Å². The minimum atomic E-state index is -0.431. The number of anilines is 2. The molecular formula is C17H22N4O5. The molecule has 2 aliphatic heterocycles. The normalized spacial score (nSPS) is 19.9. The number of morpholine rings is 1. The second-order valence-corrected chi connectivity index (χ2v) is 6.08. The lowest BCUT2D eigenvalue weighted by Gasteiger charge is -2.32. The topological polar surface area (TPSA) is 100 Å². The summed E-state index contributed by atoms with van der Waals surface area (Å²) in [5.41, 5.74) is 1.10. The highest BCUT2D eigenvalue weighted by atomic mass is 16.6. The molecule has 26 heavy (non-hydrogen) atoms. The maximum atomic E-state index is 12.2. The Balaban J connectivity index is 1.55. The molecule has 0 bridgehead atoms. The Bertz CT molecular complexity index is 695. The van der Waals surface area contributed by atoms with Gasteiger partial charge >= 0.3 is 12.1 Å². The molecule has 2 heterocycles. The van der Waals surface area contributed by atoms with Crippen molar-refractivity contribution in [2.75, 3.05) is 49.6 Å². The Hall–Kier alpha value is -2.81. The van der Waals surface area contributed by atoms with Gasteiger partial charge in [-0.15, -0.1) is 0 Å². The highest BCUT2D eigenvalue weighted by molar-refractivity contribution is 5.98. The molecule has 1 unspecified atom stereocenters. The number of carbonyl (C=O) groups excluding carboxylic acids is 3. The molecule has 0 radical (unpaired) electrons. The number of ether oxygens (including phenoxy) is 2. The van der Waals surface area contributed by atoms with Crippen LogP contribution in [-0.2, 0) is 14.3 Å². The number of urea groups is 1. The molecule has 4 amide bonds. The first-order chi connectivity index (χ1) is 12.5. The largest absolute Gasteiger partial charge is 0.447 e. The molecule has 0 aliphatic carbocycles. The average molecular weight is 362 g/mol. The van der Waals surface area contributed by atoms with E-state index in [2.05, 4.69) is 10.6 Å². The number of para-hydroxylation sites is 2. The van der Waals surface area contributed by atoms with E-state index >= 15 is 0 Å². The number of rotatable bonds is 4. The second-order valence-electron chi connectivity index (χ2n) is 6.08. The molecule has 1 atom stereocenters. The van der Waals surface area contributed by atoms with E-state index in [9.17, 15) is 14.4 Å². The number of cyclic esters (lactones) is 1. The Kier molecular flexibility index (Phi) is 5.57. The zero-order valence-corrected chi connectivity index (χ0v) is 14.6. The molecule has 2 N–H and O–H groups in total. The molecule has 2 saturated heterocycles. The van der Waals surface area contributed by atoms with E-state index in [0.717, 1.165) is 0 Å². The van der Waals surface area contributed by atoms with Crippen molar-refractivity contribution in [3.8, 4) is 0 Å². The summed E-state index contributed by atoms with van der Waals surface area (Å²) in [6.07, 6.45) is -0.679. The van der Waals surface area contributed by atoms with Crippen molar-refractivity contribution in [3.05, 3.63) is 24.3 Å². The van der Waals surface area contributed by atoms with Gasteiger partial charge in [-0.2, -0.15) is 0 Å². The average Bonchev–Trinajstić information content (AvgIpc) is 3.06. The van der Waals surface area contributed by atoms with Crippen molar-refractivity contribution in [2.45, 2.75) is 13.0 Å². The smallest absolute Gasteiger partial charge is 0.414 e. The summed E-state index contributed by atoms with van der Waals surface area (Å²) >= 11 is 0. The summed E-state index contributed by atoms with van der Waals surface area (Å²) in [4.78, 5) is 38.6. The number of hydrogen-bond acceptors (Lipinski definition) is 5. The minimum absolute atomic E-state index is 0.00539. The number of amides is 4. The molecule has 0 spiro atoms. The Morgan fingerprint density at radius 3 is 2.77 bits per heavy atom. The number of nitrogens with zero attached hydrogens (tertiary/aromatic N) is 2. The summed E-state index contributed by atoms with van der Waals surface area (Å²) in [5.74, 6) is -0.00539. The first-order valence-electron chi connectivity index (χ1n) is 8.50. The Labute approximate surface area is 151 Å². The van der Waals surface area contributed by atoms with Crippen molar-refractivity contribution in [1.82, 2.24) is 10.2 Å². The van der Waals surface area contributed by atoms with Crippen molar-refractivity contribution in [3.63, 3.8) is 0 Å². The van der Waals surface area contributed by atoms with E-state index < -0.39 is 12.1 Å². The lowest BCUT2D eigenvalue weighted by atomic mass is 10.2. The van der Waals surface area contributed by atoms with Crippen LogP contribution in [0.4, 0.5) is 21.0 Å². The third kappa shape index (κ3) is 4.23. The van der Waals surface area contributed by atoms with Crippen LogP contribution in [0, 0.1) is 0 Å². The summed E-state index contributed by atoms with van der Waals surface area (Å²) < 4.78 is 10.5. The molecular weight excluding hydrogens is 340 g/mol. The number of carbonyl (C=O) groups is 3. The molecule has 2 aliphatic rings. The molecule has 9 heteroatoms. The quantitative estimate of drug-likeness (QED) is 0.833. The van der Waals surface area contributed by atoms with Crippen LogP contribution in [0.1, 0.15) is 6.92 Å². The van der Waals surface area contributed by atoms with Crippen LogP contribution in [0.5, 0.6) is 0 Å². The predicted octanol–water partition coefficient (Wildman–Crippen LogP) is 1.01. The first-order valence-corrected chi connectivity index (χ1v) is 8.50. The van der Waals surface area contributed by atoms with E-state index in [-0.39, 0.29) is 18.6 Å². The van der Waals surface area contributed by atoms with Crippen LogP contribution < -0.4 is 15.5 Å². The van der Waals surface area contributed by atoms with Gasteiger partial charge in [0.15, 0.2) is 0 Å². The fourth-order valence-corrected chi connectivity index (χ4v) is 2.93. The van der Waals surface area contributed by atoms with E-state index in [1.54, 1.807) is 29.2 Å². The molecule has 0 saturated carbocycles. The summed E-state index contributed by atoms with van der Waals surface area (Å²) in [6, 6.07) is 6.62. The van der Waals surface area contributed by atoms with Gasteiger partial charge in [0, 0.05) is 26.6 Å². The number of nitrogens with one attached hydrogen (secondary N) is 2. The van der Waals surface area contributed by atoms with E-state index in [1.165, 1.54) is 11.8 Å². The van der Waals surface area contributed by atoms with Gasteiger partial charge in [0.1, 0.15) is 6.61 Å². The van der Waals surface area contributed by atoms with E-state index in [1.807, 2.05) is 0 Å². The van der Waals surface area contributed by atoms with Crippen LogP contribution in [0.3, 0.4) is 0 Å². The third-order valence-corrected chi connectivity index (χ3v) is 4.28. The molecule has 0 aromatic heterocycles. The molecule has 140 valence electrons. The SMILES string of the molecule is CC(=O)N1CCOC(CNC(=O)Nc2ccccc2N2CCOC2=O)C1. The third-order valence-electron chi connectivity index (χ3n) is 4.28. The van der Waals surface area contributed by atoms with Crippen LogP contribution in [0.15, 0.2) is 24.3 Å². The van der Waals surface area contributed by atoms with Gasteiger partial charge in [0.2, 0.25) is 5.91 Å². The van der Waals surface area contributed by atoms with Gasteiger partial charge in [0.25, 0.3) is 0 Å². The van der Waals surface area contributed by atoms with Crippen molar-refractivity contribution >= 4 is 29.4 Å². The number of benzene rings is 1. The number of hydrogen-bond donors (Lipinski definition) is 2. The van der Waals surface area contributed by atoms with Crippen LogP contribution >= 0.6 is 0 Å². The van der Waals surface area contributed by atoms with Crippen LogP contribution in [0.25, 0.3) is 0 Å². The second kappa shape index (κ2) is 8.05. The van der Waals surface area contributed by atoms with Crippen LogP contribution in [-0.4, -0.2) is 68.4 Å². The molecule has 3 rings (SSSR count). The monoisotopic (exact) mass is 362 g/mol. The zero-order valence-electron chi connectivity index (χ0n) is 14.6. The minimum Gasteiger partial charge on any atom is -0.447 e. The van der Waals surface area contributed by atoms with Crippen LogP contribution in [0.2, 0.25) is 0 Å². The fourth-order valence-electron chi connectivity index (χ4n) is 2.93. The maximum absolute atomic E-state index is 12.2. The maximum Gasteiger partial charge on any atom is 0.414 e. The van der Waals surface area contributed by atoms with Crippen molar-refractivity contribution in [2.24, 2.45) is 0 Å². The molecule has 2 fully saturated rings. The fraction of sp³-hybridized carbons (Fsp3) is 0.471. The van der Waals surface area contributed by atoms with Crippen molar-refractivity contribution in [1.29, 1.82) is 0 Å². The molecule has 1 aromatic carbocycles. The Morgan fingerprint density at radius 2 is 2.04 bits per heavy atom. The zero-order chi connectivity index (χ0) is 18.5. The van der Waals surface area contributed by atoms with Crippen molar-refractivity contribution < 1.29 is 23.9 Å². The van der Waals surface area contributed by atoms with Gasteiger partial charge in [-0.3, -0.25) is 9.69 Å². The first kappa shape index (κ1) is 18.0. The highest BCUT2D eigenvalue weighted by Gasteiger charge is 2.26. The lowest BCUT2D eigenvalue weighted by Crippen LogP contribution is -2.49. The van der Waals surface area contributed by atoms with Gasteiger partial charge in [-0.25, -0.2) is 9.59 Å². The molecule has 9 nitrogen and oxygen atoms in total. The summed E-state index contributed by atoms with van der Waals surface area (Å²) in [6.45, 7) is 4.03. The summed E-state index contributed by atoms with van der Waals surface area (Å²) in [5, 5.41) is 5.49. The predicted molar refractivity (Wildman–Crippen MR) is 94.2 cm³/mol. The standard InChI is InChI=1S/C17H22N4O5/c1-12(22)20-6-8-25-13(11-20)10-18-16(23)19-14-4-2-3-5-15(14)21-7-9-26-17(21)24/h2-5,13H,6-11H2,1H3,(H2,18,19,23). The summed E-state index contributed by atoms with van der Waals surface area (Å²) in [7, 11) is 0. The van der Waals surface area contributed by atoms with E-state index in [0.29, 0.717) is 44.2 Å². The van der Waals surface area contributed by atoms with Gasteiger partial charge < -0.3 is 25.0 Å². The highest BCUT2D eigenvalue weighted by Crippen LogP contribution is 2.27. The lowest BCUT2D eigenvalue weighted by molar-refractivity contribution is -0.136.